The lowest BCUT2D eigenvalue weighted by Gasteiger charge is -2.09. The number of hydrogen-bond donors (Lipinski definition) is 1. The summed E-state index contributed by atoms with van der Waals surface area (Å²) in [6.45, 7) is -0.597. The van der Waals surface area contributed by atoms with E-state index < -0.39 is 27.5 Å². The average molecular weight is 432 g/mol. The number of thiophene rings is 1. The van der Waals surface area contributed by atoms with Crippen LogP contribution >= 0.6 is 27.3 Å². The zero-order valence-electron chi connectivity index (χ0n) is 11.2. The first-order valence-corrected chi connectivity index (χ1v) is 9.09. The molecule has 0 fully saturated rings. The number of aromatic nitrogens is 2. The van der Waals surface area contributed by atoms with Crippen molar-refractivity contribution in [3.8, 4) is 0 Å². The summed E-state index contributed by atoms with van der Waals surface area (Å²) >= 11 is 4.11. The average Bonchev–Trinajstić information content (AvgIpc) is 2.87. The lowest BCUT2D eigenvalue weighted by Crippen LogP contribution is -2.32. The van der Waals surface area contributed by atoms with E-state index in [9.17, 15) is 26.4 Å². The molecule has 0 radical (unpaired) electrons. The zero-order valence-corrected chi connectivity index (χ0v) is 14.4. The first kappa shape index (κ1) is 18.1. The molecule has 0 aliphatic carbocycles. The summed E-state index contributed by atoms with van der Waals surface area (Å²) in [5.74, 6) is 0. The van der Waals surface area contributed by atoms with Crippen molar-refractivity contribution in [3.05, 3.63) is 44.1 Å². The van der Waals surface area contributed by atoms with Gasteiger partial charge in [-0.15, -0.1) is 11.3 Å². The molecule has 1 N–H and O–H groups in total. The molecule has 0 atom stereocenters. The van der Waals surface area contributed by atoms with Gasteiger partial charge in [0.05, 0.1) is 10.3 Å². The lowest BCUT2D eigenvalue weighted by atomic mass is 10.4. The van der Waals surface area contributed by atoms with E-state index >= 15 is 0 Å². The first-order valence-electron chi connectivity index (χ1n) is 6.00. The molecule has 0 aromatic carbocycles. The molecule has 0 saturated heterocycles. The van der Waals surface area contributed by atoms with E-state index in [0.29, 0.717) is 14.5 Å². The monoisotopic (exact) mass is 431 g/mol. The maximum absolute atomic E-state index is 12.5. The van der Waals surface area contributed by atoms with Crippen molar-refractivity contribution in [1.29, 1.82) is 0 Å². The van der Waals surface area contributed by atoms with E-state index in [1.54, 1.807) is 6.07 Å². The molecule has 0 aliphatic heterocycles. The van der Waals surface area contributed by atoms with Crippen LogP contribution < -0.4 is 10.3 Å². The molecule has 2 aromatic rings. The summed E-state index contributed by atoms with van der Waals surface area (Å²) in [5, 5.41) is 3.18. The van der Waals surface area contributed by atoms with Gasteiger partial charge in [-0.25, -0.2) is 17.8 Å². The second-order valence-electron chi connectivity index (χ2n) is 4.23. The van der Waals surface area contributed by atoms with Crippen LogP contribution in [-0.2, 0) is 22.7 Å². The van der Waals surface area contributed by atoms with E-state index in [4.69, 9.17) is 0 Å². The Balaban J connectivity index is 2.08. The van der Waals surface area contributed by atoms with Gasteiger partial charge in [-0.05, 0) is 34.1 Å². The van der Waals surface area contributed by atoms with Crippen LogP contribution in [0.4, 0.5) is 13.2 Å². The molecule has 12 heteroatoms. The van der Waals surface area contributed by atoms with Gasteiger partial charge in [0.25, 0.3) is 5.56 Å². The predicted molar refractivity (Wildman–Crippen MR) is 80.7 cm³/mol. The SMILES string of the molecule is O=c1ccc(C(F)(F)F)nn1CCNS(=O)(=O)c1ccc(Br)s1. The van der Waals surface area contributed by atoms with Gasteiger partial charge in [-0.1, -0.05) is 0 Å². The topological polar surface area (TPSA) is 81.1 Å². The molecule has 2 heterocycles. The van der Waals surface area contributed by atoms with Crippen LogP contribution in [0.5, 0.6) is 0 Å². The molecule has 0 aliphatic rings. The Hall–Kier alpha value is -1.24. The van der Waals surface area contributed by atoms with Gasteiger partial charge in [0.15, 0.2) is 5.69 Å². The van der Waals surface area contributed by atoms with Gasteiger partial charge in [0.1, 0.15) is 4.21 Å². The van der Waals surface area contributed by atoms with Crippen molar-refractivity contribution in [1.82, 2.24) is 14.5 Å². The molecule has 0 unspecified atom stereocenters. The third-order valence-corrected chi connectivity index (χ3v) is 6.16. The third kappa shape index (κ3) is 4.62. The molecule has 2 rings (SSSR count). The van der Waals surface area contributed by atoms with Crippen molar-refractivity contribution in [2.24, 2.45) is 0 Å². The Morgan fingerprint density at radius 3 is 2.52 bits per heavy atom. The van der Waals surface area contributed by atoms with Crippen molar-refractivity contribution < 1.29 is 21.6 Å². The van der Waals surface area contributed by atoms with E-state index in [0.717, 1.165) is 17.4 Å². The highest BCUT2D eigenvalue weighted by molar-refractivity contribution is 9.11. The van der Waals surface area contributed by atoms with E-state index in [2.05, 4.69) is 25.8 Å². The summed E-state index contributed by atoms with van der Waals surface area (Å²) in [5.41, 5.74) is -1.97. The van der Waals surface area contributed by atoms with Crippen LogP contribution in [0.15, 0.2) is 37.1 Å². The van der Waals surface area contributed by atoms with Crippen molar-refractivity contribution >= 4 is 37.3 Å². The fourth-order valence-electron chi connectivity index (χ4n) is 1.56. The minimum atomic E-state index is -4.68. The van der Waals surface area contributed by atoms with Crippen LogP contribution in [0, 0.1) is 0 Å². The van der Waals surface area contributed by atoms with Gasteiger partial charge in [-0.2, -0.15) is 18.3 Å². The maximum atomic E-state index is 12.5. The Bertz CT molecular complexity index is 861. The van der Waals surface area contributed by atoms with E-state index in [1.165, 1.54) is 6.07 Å². The quantitative estimate of drug-likeness (QED) is 0.785. The fraction of sp³-hybridized carbons (Fsp3) is 0.273. The Morgan fingerprint density at radius 2 is 1.96 bits per heavy atom. The van der Waals surface area contributed by atoms with Crippen LogP contribution in [0.1, 0.15) is 5.69 Å². The summed E-state index contributed by atoms with van der Waals surface area (Å²) in [6.07, 6.45) is -4.68. The Morgan fingerprint density at radius 1 is 1.26 bits per heavy atom. The van der Waals surface area contributed by atoms with Crippen LogP contribution in [0.25, 0.3) is 0 Å². The molecule has 0 spiro atoms. The normalized spacial score (nSPS) is 12.5. The molecule has 23 heavy (non-hydrogen) atoms. The van der Waals surface area contributed by atoms with Crippen LogP contribution in [0.3, 0.4) is 0 Å². The molecule has 6 nitrogen and oxygen atoms in total. The number of hydrogen-bond acceptors (Lipinski definition) is 5. The standard InChI is InChI=1S/C11H9BrF3N3O3S2/c12-8-2-4-10(22-8)23(20,21)16-5-6-18-9(19)3-1-7(17-18)11(13,14)15/h1-4,16H,5-6H2. The minimum Gasteiger partial charge on any atom is -0.268 e. The van der Waals surface area contributed by atoms with Gasteiger partial charge in [0, 0.05) is 12.6 Å². The summed E-state index contributed by atoms with van der Waals surface area (Å²) < 4.78 is 64.9. The molecular weight excluding hydrogens is 423 g/mol. The molecule has 0 amide bonds. The molecule has 0 saturated carbocycles. The van der Waals surface area contributed by atoms with Crippen LogP contribution in [-0.4, -0.2) is 24.7 Å². The van der Waals surface area contributed by atoms with Crippen LogP contribution in [0.2, 0.25) is 0 Å². The minimum absolute atomic E-state index is 0.0497. The van der Waals surface area contributed by atoms with Gasteiger partial charge in [-0.3, -0.25) is 4.79 Å². The number of nitrogens with zero attached hydrogens (tertiary/aromatic N) is 2. The van der Waals surface area contributed by atoms with Crippen molar-refractivity contribution in [2.75, 3.05) is 6.54 Å². The van der Waals surface area contributed by atoms with E-state index in [-0.39, 0.29) is 17.3 Å². The smallest absolute Gasteiger partial charge is 0.268 e. The second kappa shape index (κ2) is 6.71. The highest BCUT2D eigenvalue weighted by Crippen LogP contribution is 2.26. The fourth-order valence-corrected chi connectivity index (χ4v) is 4.64. The predicted octanol–water partition coefficient (Wildman–Crippen LogP) is 2.06. The number of alkyl halides is 3. The summed E-state index contributed by atoms with van der Waals surface area (Å²) in [7, 11) is -3.79. The van der Waals surface area contributed by atoms with Gasteiger partial charge in [0.2, 0.25) is 10.0 Å². The maximum Gasteiger partial charge on any atom is 0.435 e. The Labute approximate surface area is 141 Å². The van der Waals surface area contributed by atoms with Gasteiger partial charge >= 0.3 is 6.18 Å². The highest BCUT2D eigenvalue weighted by atomic mass is 79.9. The number of halogens is 4. The number of nitrogens with one attached hydrogen (secondary N) is 1. The molecule has 2 aromatic heterocycles. The highest BCUT2D eigenvalue weighted by Gasteiger charge is 2.33. The van der Waals surface area contributed by atoms with Gasteiger partial charge < -0.3 is 0 Å². The number of rotatable bonds is 5. The van der Waals surface area contributed by atoms with Crippen molar-refractivity contribution in [2.45, 2.75) is 16.9 Å². The van der Waals surface area contributed by atoms with E-state index in [1.807, 2.05) is 0 Å². The third-order valence-electron chi connectivity index (χ3n) is 2.59. The Kier molecular flexibility index (Phi) is 5.28. The van der Waals surface area contributed by atoms with Crippen molar-refractivity contribution in [3.63, 3.8) is 0 Å². The molecular formula is C11H9BrF3N3O3S2. The summed E-state index contributed by atoms with van der Waals surface area (Å²) in [4.78, 5) is 11.5. The second-order valence-corrected chi connectivity index (χ2v) is 8.69. The first-order chi connectivity index (χ1) is 10.6. The lowest BCUT2D eigenvalue weighted by molar-refractivity contribution is -0.142. The molecule has 0 bridgehead atoms. The number of sulfonamides is 1. The zero-order chi connectivity index (χ0) is 17.3. The summed E-state index contributed by atoms with van der Waals surface area (Å²) in [6, 6.07) is 4.25. The molecule has 126 valence electrons. The largest absolute Gasteiger partial charge is 0.435 e.